The van der Waals surface area contributed by atoms with Gasteiger partial charge in [-0.1, -0.05) is 5.16 Å². The number of imidazole rings is 1. The van der Waals surface area contributed by atoms with Crippen molar-refractivity contribution in [2.75, 3.05) is 27.2 Å². The maximum Gasteiger partial charge on any atom is 0.276 e. The predicted octanol–water partition coefficient (Wildman–Crippen LogP) is 1.01. The molecule has 0 saturated heterocycles. The molecular formula is C15H21N5O2. The molecule has 1 aliphatic heterocycles. The van der Waals surface area contributed by atoms with Crippen LogP contribution in [0.25, 0.3) is 0 Å². The van der Waals surface area contributed by atoms with Gasteiger partial charge >= 0.3 is 0 Å². The fourth-order valence-corrected chi connectivity index (χ4v) is 2.96. The standard InChI is InChI=1S/C15H21N5O2/c1-11-6-13(17-22-11)15(21)20-9-12(7-18(2)3)8-19-5-4-16-14(19)10-20/h4-6,12H,7-10H2,1-3H3/t12-/m1/s1. The third-order valence-corrected chi connectivity index (χ3v) is 3.83. The van der Waals surface area contributed by atoms with Crippen molar-refractivity contribution < 1.29 is 9.32 Å². The highest BCUT2D eigenvalue weighted by molar-refractivity contribution is 5.92. The smallest absolute Gasteiger partial charge is 0.276 e. The van der Waals surface area contributed by atoms with Crippen molar-refractivity contribution in [3.63, 3.8) is 0 Å². The molecule has 1 aliphatic rings. The summed E-state index contributed by atoms with van der Waals surface area (Å²) in [7, 11) is 4.10. The van der Waals surface area contributed by atoms with Crippen LogP contribution in [0.5, 0.6) is 0 Å². The molecule has 7 heteroatoms. The normalized spacial score (nSPS) is 18.4. The van der Waals surface area contributed by atoms with E-state index in [1.54, 1.807) is 19.2 Å². The number of aromatic nitrogens is 3. The maximum atomic E-state index is 12.7. The van der Waals surface area contributed by atoms with Crippen LogP contribution in [-0.2, 0) is 13.1 Å². The number of amides is 1. The van der Waals surface area contributed by atoms with Gasteiger partial charge in [0.15, 0.2) is 5.69 Å². The number of aryl methyl sites for hydroxylation is 1. The Hall–Kier alpha value is -2.15. The highest BCUT2D eigenvalue weighted by Crippen LogP contribution is 2.18. The fourth-order valence-electron chi connectivity index (χ4n) is 2.96. The van der Waals surface area contributed by atoms with Gasteiger partial charge in [-0.05, 0) is 21.0 Å². The van der Waals surface area contributed by atoms with Crippen molar-refractivity contribution in [2.24, 2.45) is 5.92 Å². The molecule has 2 aromatic rings. The molecule has 1 amide bonds. The van der Waals surface area contributed by atoms with E-state index in [-0.39, 0.29) is 5.91 Å². The molecule has 0 fully saturated rings. The van der Waals surface area contributed by atoms with Crippen LogP contribution in [0.4, 0.5) is 0 Å². The van der Waals surface area contributed by atoms with Crippen LogP contribution in [0.1, 0.15) is 22.1 Å². The first-order valence-electron chi connectivity index (χ1n) is 7.40. The highest BCUT2D eigenvalue weighted by Gasteiger charge is 2.28. The summed E-state index contributed by atoms with van der Waals surface area (Å²) < 4.78 is 7.16. The average Bonchev–Trinajstić information content (AvgIpc) is 3.03. The summed E-state index contributed by atoms with van der Waals surface area (Å²) in [6.07, 6.45) is 3.77. The number of hydrogen-bond donors (Lipinski definition) is 0. The molecule has 3 rings (SSSR count). The van der Waals surface area contributed by atoms with Crippen molar-refractivity contribution in [3.8, 4) is 0 Å². The average molecular weight is 303 g/mol. The van der Waals surface area contributed by atoms with E-state index in [9.17, 15) is 4.79 Å². The van der Waals surface area contributed by atoms with Crippen LogP contribution in [0.2, 0.25) is 0 Å². The Kier molecular flexibility index (Phi) is 3.98. The molecule has 0 N–H and O–H groups in total. The number of fused-ring (bicyclic) bond motifs is 1. The number of carbonyl (C=O) groups is 1. The summed E-state index contributed by atoms with van der Waals surface area (Å²) in [5.74, 6) is 1.80. The Morgan fingerprint density at radius 2 is 2.27 bits per heavy atom. The van der Waals surface area contributed by atoms with E-state index in [1.165, 1.54) is 0 Å². The molecule has 0 saturated carbocycles. The third kappa shape index (κ3) is 3.04. The molecule has 2 aromatic heterocycles. The number of hydrogen-bond acceptors (Lipinski definition) is 5. The lowest BCUT2D eigenvalue weighted by atomic mass is 10.1. The lowest BCUT2D eigenvalue weighted by molar-refractivity contribution is 0.0699. The van der Waals surface area contributed by atoms with Gasteiger partial charge < -0.3 is 18.9 Å². The van der Waals surface area contributed by atoms with Crippen molar-refractivity contribution in [1.82, 2.24) is 24.5 Å². The maximum absolute atomic E-state index is 12.7. The quantitative estimate of drug-likeness (QED) is 0.846. The first kappa shape index (κ1) is 14.8. The van der Waals surface area contributed by atoms with Gasteiger partial charge in [-0.15, -0.1) is 0 Å². The second kappa shape index (κ2) is 5.92. The lowest BCUT2D eigenvalue weighted by Crippen LogP contribution is -2.37. The van der Waals surface area contributed by atoms with Gasteiger partial charge in [0.25, 0.3) is 5.91 Å². The molecule has 0 unspecified atom stereocenters. The van der Waals surface area contributed by atoms with Gasteiger partial charge in [-0.25, -0.2) is 4.98 Å². The van der Waals surface area contributed by atoms with Gasteiger partial charge in [0.05, 0.1) is 6.54 Å². The number of carbonyl (C=O) groups excluding carboxylic acids is 1. The minimum atomic E-state index is -0.0999. The van der Waals surface area contributed by atoms with E-state index in [1.807, 2.05) is 25.2 Å². The van der Waals surface area contributed by atoms with E-state index in [0.717, 1.165) is 18.9 Å². The lowest BCUT2D eigenvalue weighted by Gasteiger charge is -2.25. The fraction of sp³-hybridized carbons (Fsp3) is 0.533. The van der Waals surface area contributed by atoms with Crippen LogP contribution in [-0.4, -0.2) is 57.6 Å². The molecule has 3 heterocycles. The molecule has 0 radical (unpaired) electrons. The zero-order valence-corrected chi connectivity index (χ0v) is 13.2. The summed E-state index contributed by atoms with van der Waals surface area (Å²) in [5.41, 5.74) is 0.362. The van der Waals surface area contributed by atoms with Crippen molar-refractivity contribution >= 4 is 5.91 Å². The van der Waals surface area contributed by atoms with E-state index in [2.05, 4.69) is 19.6 Å². The van der Waals surface area contributed by atoms with Crippen molar-refractivity contribution in [2.45, 2.75) is 20.0 Å². The van der Waals surface area contributed by atoms with Gasteiger partial charge in [-0.2, -0.15) is 0 Å². The predicted molar refractivity (Wildman–Crippen MR) is 80.3 cm³/mol. The molecule has 0 spiro atoms. The molecule has 0 bridgehead atoms. The molecule has 1 atom stereocenters. The molecule has 0 aliphatic carbocycles. The monoisotopic (exact) mass is 303 g/mol. The minimum absolute atomic E-state index is 0.0999. The summed E-state index contributed by atoms with van der Waals surface area (Å²) in [6, 6.07) is 1.68. The molecule has 118 valence electrons. The molecule has 22 heavy (non-hydrogen) atoms. The Balaban J connectivity index is 1.85. The molecule has 0 aromatic carbocycles. The second-order valence-electron chi connectivity index (χ2n) is 6.13. The molecule has 7 nitrogen and oxygen atoms in total. The number of nitrogens with zero attached hydrogens (tertiary/aromatic N) is 5. The third-order valence-electron chi connectivity index (χ3n) is 3.83. The van der Waals surface area contributed by atoms with E-state index in [0.29, 0.717) is 30.5 Å². The Morgan fingerprint density at radius 3 is 2.95 bits per heavy atom. The topological polar surface area (TPSA) is 67.4 Å². The van der Waals surface area contributed by atoms with Gasteiger partial charge in [0, 0.05) is 44.0 Å². The van der Waals surface area contributed by atoms with Gasteiger partial charge in [0.1, 0.15) is 11.6 Å². The minimum Gasteiger partial charge on any atom is -0.361 e. The summed E-state index contributed by atoms with van der Waals surface area (Å²) in [5, 5.41) is 3.85. The van der Waals surface area contributed by atoms with Gasteiger partial charge in [-0.3, -0.25) is 4.79 Å². The Bertz CT molecular complexity index is 660. The summed E-state index contributed by atoms with van der Waals surface area (Å²) in [6.45, 7) is 4.76. The van der Waals surface area contributed by atoms with Crippen LogP contribution in [0.15, 0.2) is 23.0 Å². The van der Waals surface area contributed by atoms with E-state index < -0.39 is 0 Å². The van der Waals surface area contributed by atoms with Crippen molar-refractivity contribution in [1.29, 1.82) is 0 Å². The first-order chi connectivity index (χ1) is 10.5. The Morgan fingerprint density at radius 1 is 1.45 bits per heavy atom. The SMILES string of the molecule is Cc1cc(C(=O)N2Cc3nccn3C[C@@H](CN(C)C)C2)no1. The highest BCUT2D eigenvalue weighted by atomic mass is 16.5. The van der Waals surface area contributed by atoms with Crippen LogP contribution in [0, 0.1) is 12.8 Å². The molecular weight excluding hydrogens is 282 g/mol. The number of rotatable bonds is 3. The zero-order valence-electron chi connectivity index (χ0n) is 13.2. The Labute approximate surface area is 129 Å². The zero-order chi connectivity index (χ0) is 15.7. The first-order valence-corrected chi connectivity index (χ1v) is 7.40. The van der Waals surface area contributed by atoms with Gasteiger partial charge in [0.2, 0.25) is 0 Å². The van der Waals surface area contributed by atoms with Crippen molar-refractivity contribution in [3.05, 3.63) is 35.7 Å². The van der Waals surface area contributed by atoms with Crippen LogP contribution >= 0.6 is 0 Å². The largest absolute Gasteiger partial charge is 0.361 e. The van der Waals surface area contributed by atoms with E-state index in [4.69, 9.17) is 4.52 Å². The van der Waals surface area contributed by atoms with E-state index >= 15 is 0 Å². The second-order valence-corrected chi connectivity index (χ2v) is 6.13. The van der Waals surface area contributed by atoms with Crippen LogP contribution in [0.3, 0.4) is 0 Å². The summed E-state index contributed by atoms with van der Waals surface area (Å²) >= 11 is 0. The summed E-state index contributed by atoms with van der Waals surface area (Å²) in [4.78, 5) is 21.0. The van der Waals surface area contributed by atoms with Crippen LogP contribution < -0.4 is 0 Å².